The Morgan fingerprint density at radius 1 is 0.815 bits per heavy atom. The summed E-state index contributed by atoms with van der Waals surface area (Å²) in [5.74, 6) is 0. The van der Waals surface area contributed by atoms with Gasteiger partial charge in [-0.1, -0.05) is 74.0 Å². The molecule has 3 rings (SSSR count). The summed E-state index contributed by atoms with van der Waals surface area (Å²) < 4.78 is 0. The third-order valence-corrected chi connectivity index (χ3v) is 4.84. The molecule has 3 aromatic rings. The van der Waals surface area contributed by atoms with Gasteiger partial charge in [-0.25, -0.2) is 0 Å². The molecule has 0 aliphatic rings. The number of unbranched alkanes of at least 4 members (excludes halogenated alkanes) is 1. The number of anilines is 2. The van der Waals surface area contributed by atoms with Gasteiger partial charge in [0.25, 0.3) is 0 Å². The van der Waals surface area contributed by atoms with E-state index in [0.29, 0.717) is 5.11 Å². The number of thiocarbonyl (C=S) groups is 1. The standard InChI is InChI=1S/C24H26N2S/c1-2-3-10-20-15-17-22(18-16-20)25-24(27)26(23-13-8-5-9-14-23)19-21-11-6-4-7-12-21/h4-9,11-18H,2-3,10,19H2,1H3,(H,25,27). The van der Waals surface area contributed by atoms with Crippen molar-refractivity contribution in [1.29, 1.82) is 0 Å². The van der Waals surface area contributed by atoms with Gasteiger partial charge in [0.05, 0.1) is 6.54 Å². The number of nitrogens with one attached hydrogen (secondary N) is 1. The zero-order valence-electron chi connectivity index (χ0n) is 15.8. The molecule has 0 spiro atoms. The van der Waals surface area contributed by atoms with Crippen molar-refractivity contribution in [3.63, 3.8) is 0 Å². The molecular weight excluding hydrogens is 348 g/mol. The third kappa shape index (κ3) is 5.66. The van der Waals surface area contributed by atoms with Gasteiger partial charge in [-0.2, -0.15) is 0 Å². The third-order valence-electron chi connectivity index (χ3n) is 4.52. The number of hydrogen-bond acceptors (Lipinski definition) is 1. The van der Waals surface area contributed by atoms with Crippen LogP contribution in [0.15, 0.2) is 84.9 Å². The van der Waals surface area contributed by atoms with Crippen LogP contribution in [0.1, 0.15) is 30.9 Å². The number of aryl methyl sites for hydroxylation is 1. The summed E-state index contributed by atoms with van der Waals surface area (Å²) in [6.45, 7) is 2.95. The Kier molecular flexibility index (Phi) is 7.00. The highest BCUT2D eigenvalue weighted by Gasteiger charge is 2.13. The van der Waals surface area contributed by atoms with Crippen LogP contribution in [-0.4, -0.2) is 5.11 Å². The Morgan fingerprint density at radius 3 is 2.07 bits per heavy atom. The van der Waals surface area contributed by atoms with Crippen LogP contribution in [0, 0.1) is 0 Å². The molecule has 0 aromatic heterocycles. The van der Waals surface area contributed by atoms with Gasteiger partial charge in [0, 0.05) is 11.4 Å². The molecule has 3 heteroatoms. The Labute approximate surface area is 167 Å². The highest BCUT2D eigenvalue weighted by Crippen LogP contribution is 2.20. The van der Waals surface area contributed by atoms with E-state index in [9.17, 15) is 0 Å². The summed E-state index contributed by atoms with van der Waals surface area (Å²) in [6.07, 6.45) is 3.57. The first-order chi connectivity index (χ1) is 13.3. The fourth-order valence-corrected chi connectivity index (χ4v) is 3.27. The molecule has 0 aliphatic carbocycles. The molecule has 1 N–H and O–H groups in total. The molecule has 0 fully saturated rings. The monoisotopic (exact) mass is 374 g/mol. The Hall–Kier alpha value is -2.65. The maximum atomic E-state index is 5.76. The van der Waals surface area contributed by atoms with E-state index >= 15 is 0 Å². The van der Waals surface area contributed by atoms with Crippen molar-refractivity contribution in [2.45, 2.75) is 32.7 Å². The summed E-state index contributed by atoms with van der Waals surface area (Å²) >= 11 is 5.76. The van der Waals surface area contributed by atoms with Crippen molar-refractivity contribution >= 4 is 28.7 Å². The molecule has 0 bridgehead atoms. The van der Waals surface area contributed by atoms with Crippen LogP contribution >= 0.6 is 12.2 Å². The van der Waals surface area contributed by atoms with Crippen LogP contribution in [0.4, 0.5) is 11.4 Å². The van der Waals surface area contributed by atoms with Crippen LogP contribution in [0.5, 0.6) is 0 Å². The second-order valence-corrected chi connectivity index (χ2v) is 7.02. The van der Waals surface area contributed by atoms with Crippen LogP contribution in [0.3, 0.4) is 0 Å². The lowest BCUT2D eigenvalue weighted by Gasteiger charge is -2.26. The van der Waals surface area contributed by atoms with E-state index < -0.39 is 0 Å². The summed E-state index contributed by atoms with van der Waals surface area (Å²) in [4.78, 5) is 2.13. The van der Waals surface area contributed by atoms with Crippen LogP contribution in [-0.2, 0) is 13.0 Å². The molecule has 0 saturated carbocycles. The zero-order valence-corrected chi connectivity index (χ0v) is 16.6. The number of rotatable bonds is 7. The fraction of sp³-hybridized carbons (Fsp3) is 0.208. The molecule has 0 unspecified atom stereocenters. The van der Waals surface area contributed by atoms with E-state index in [1.54, 1.807) is 0 Å². The highest BCUT2D eigenvalue weighted by atomic mass is 32.1. The van der Waals surface area contributed by atoms with Gasteiger partial charge in [0.15, 0.2) is 5.11 Å². The van der Waals surface area contributed by atoms with Crippen LogP contribution in [0.25, 0.3) is 0 Å². The Bertz CT molecular complexity index is 829. The highest BCUT2D eigenvalue weighted by molar-refractivity contribution is 7.80. The number of para-hydroxylation sites is 1. The molecule has 2 nitrogen and oxygen atoms in total. The van der Waals surface area contributed by atoms with Crippen molar-refractivity contribution in [3.05, 3.63) is 96.1 Å². The van der Waals surface area contributed by atoms with Crippen molar-refractivity contribution in [2.24, 2.45) is 0 Å². The molecule has 0 saturated heterocycles. The summed E-state index contributed by atoms with van der Waals surface area (Å²) in [7, 11) is 0. The minimum Gasteiger partial charge on any atom is -0.332 e. The average Bonchev–Trinajstić information content (AvgIpc) is 2.73. The minimum absolute atomic E-state index is 0.700. The zero-order chi connectivity index (χ0) is 18.9. The van der Waals surface area contributed by atoms with E-state index in [4.69, 9.17) is 12.2 Å². The lowest BCUT2D eigenvalue weighted by Crippen LogP contribution is -2.34. The second-order valence-electron chi connectivity index (χ2n) is 6.64. The molecule has 138 valence electrons. The SMILES string of the molecule is CCCCc1ccc(NC(=S)N(Cc2ccccc2)c2ccccc2)cc1. The Balaban J connectivity index is 1.74. The van der Waals surface area contributed by atoms with Gasteiger partial charge < -0.3 is 10.2 Å². The molecule has 0 amide bonds. The van der Waals surface area contributed by atoms with Gasteiger partial charge in [0.1, 0.15) is 0 Å². The maximum absolute atomic E-state index is 5.76. The van der Waals surface area contributed by atoms with Gasteiger partial charge in [-0.15, -0.1) is 0 Å². The Morgan fingerprint density at radius 2 is 1.44 bits per heavy atom. The molecule has 0 heterocycles. The smallest absolute Gasteiger partial charge is 0.178 e. The first kappa shape index (κ1) is 19.1. The topological polar surface area (TPSA) is 15.3 Å². The van der Waals surface area contributed by atoms with E-state index in [1.165, 1.54) is 24.0 Å². The maximum Gasteiger partial charge on any atom is 0.178 e. The van der Waals surface area contributed by atoms with E-state index in [0.717, 1.165) is 24.3 Å². The minimum atomic E-state index is 0.700. The van der Waals surface area contributed by atoms with E-state index in [1.807, 2.05) is 24.3 Å². The molecule has 0 atom stereocenters. The molecule has 3 aromatic carbocycles. The quantitative estimate of drug-likeness (QED) is 0.480. The van der Waals surface area contributed by atoms with Crippen molar-refractivity contribution in [2.75, 3.05) is 10.2 Å². The summed E-state index contributed by atoms with van der Waals surface area (Å²) in [5.41, 5.74) is 4.70. The second kappa shape index (κ2) is 9.89. The fourth-order valence-electron chi connectivity index (χ4n) is 2.98. The van der Waals surface area contributed by atoms with Crippen molar-refractivity contribution in [3.8, 4) is 0 Å². The molecular formula is C24H26N2S. The predicted molar refractivity (Wildman–Crippen MR) is 120 cm³/mol. The number of benzene rings is 3. The van der Waals surface area contributed by atoms with Gasteiger partial charge in [-0.3, -0.25) is 0 Å². The van der Waals surface area contributed by atoms with Crippen LogP contribution in [0.2, 0.25) is 0 Å². The largest absolute Gasteiger partial charge is 0.332 e. The van der Waals surface area contributed by atoms with Gasteiger partial charge in [-0.05, 0) is 60.5 Å². The lowest BCUT2D eigenvalue weighted by atomic mass is 10.1. The summed E-state index contributed by atoms with van der Waals surface area (Å²) in [5, 5.41) is 4.10. The van der Waals surface area contributed by atoms with Gasteiger partial charge >= 0.3 is 0 Å². The van der Waals surface area contributed by atoms with Crippen molar-refractivity contribution in [1.82, 2.24) is 0 Å². The predicted octanol–water partition coefficient (Wildman–Crippen LogP) is 6.43. The normalized spacial score (nSPS) is 10.4. The first-order valence-electron chi connectivity index (χ1n) is 9.52. The van der Waals surface area contributed by atoms with Crippen LogP contribution < -0.4 is 10.2 Å². The van der Waals surface area contributed by atoms with Gasteiger partial charge in [0.2, 0.25) is 0 Å². The first-order valence-corrected chi connectivity index (χ1v) is 9.93. The lowest BCUT2D eigenvalue weighted by molar-refractivity contribution is 0.795. The average molecular weight is 375 g/mol. The molecule has 0 aliphatic heterocycles. The molecule has 0 radical (unpaired) electrons. The number of hydrogen-bond donors (Lipinski definition) is 1. The molecule has 27 heavy (non-hydrogen) atoms. The van der Waals surface area contributed by atoms with Crippen molar-refractivity contribution < 1.29 is 0 Å². The summed E-state index contributed by atoms with van der Waals surface area (Å²) in [6, 6.07) is 29.3. The number of nitrogens with zero attached hydrogens (tertiary/aromatic N) is 1. The van der Waals surface area contributed by atoms with E-state index in [2.05, 4.69) is 77.8 Å². The van der Waals surface area contributed by atoms with E-state index in [-0.39, 0.29) is 0 Å².